The smallest absolute Gasteiger partial charge is 0.226 e. The van der Waals surface area contributed by atoms with Gasteiger partial charge in [0.1, 0.15) is 0 Å². The highest BCUT2D eigenvalue weighted by Crippen LogP contribution is 2.21. The van der Waals surface area contributed by atoms with Crippen molar-refractivity contribution in [3.8, 4) is 0 Å². The molecular weight excluding hydrogens is 354 g/mol. The minimum atomic E-state index is -0.0611. The minimum absolute atomic E-state index is 0.0611. The second-order valence-electron chi connectivity index (χ2n) is 6.98. The summed E-state index contributed by atoms with van der Waals surface area (Å²) in [4.78, 5) is 16.6. The van der Waals surface area contributed by atoms with Gasteiger partial charge in [0.25, 0.3) is 0 Å². The largest absolute Gasteiger partial charge is 0.339 e. The lowest BCUT2D eigenvalue weighted by molar-refractivity contribution is -0.116. The van der Waals surface area contributed by atoms with Crippen LogP contribution in [0.2, 0.25) is 0 Å². The van der Waals surface area contributed by atoms with Gasteiger partial charge in [0, 0.05) is 31.0 Å². The lowest BCUT2D eigenvalue weighted by Crippen LogP contribution is -2.14. The molecule has 7 nitrogen and oxygen atoms in total. The number of rotatable bonds is 9. The standard InChI is InChI=1S/C21H27N5O2/c1-4-9-18-22-20(28-25-18)13-8-12-19(27)23-21-15(2)14-26(24-21)16(3)17-10-6-5-7-11-17/h5-7,10-11,14,16H,4,8-9,12-13H2,1-3H3,(H,23,24,27). The van der Waals surface area contributed by atoms with E-state index in [1.54, 1.807) is 0 Å². The predicted octanol–water partition coefficient (Wildman–Crippen LogP) is 4.10. The van der Waals surface area contributed by atoms with Gasteiger partial charge in [0.15, 0.2) is 11.6 Å². The lowest BCUT2D eigenvalue weighted by Gasteiger charge is -2.12. The predicted molar refractivity (Wildman–Crippen MR) is 107 cm³/mol. The fraction of sp³-hybridized carbons (Fsp3) is 0.429. The van der Waals surface area contributed by atoms with E-state index in [1.807, 2.05) is 36.0 Å². The third-order valence-electron chi connectivity index (χ3n) is 4.63. The van der Waals surface area contributed by atoms with Crippen LogP contribution in [0.1, 0.15) is 62.0 Å². The molecule has 0 aliphatic heterocycles. The number of carbonyl (C=O) groups is 1. The molecule has 0 aliphatic rings. The van der Waals surface area contributed by atoms with Crippen molar-refractivity contribution in [2.75, 3.05) is 5.32 Å². The zero-order chi connectivity index (χ0) is 19.9. The van der Waals surface area contributed by atoms with Gasteiger partial charge >= 0.3 is 0 Å². The molecule has 0 saturated heterocycles. The first-order valence-corrected chi connectivity index (χ1v) is 9.78. The summed E-state index contributed by atoms with van der Waals surface area (Å²) in [5, 5.41) is 11.4. The molecule has 1 atom stereocenters. The van der Waals surface area contributed by atoms with Crippen molar-refractivity contribution >= 4 is 11.7 Å². The number of aryl methyl sites for hydroxylation is 3. The minimum Gasteiger partial charge on any atom is -0.339 e. The molecule has 1 N–H and O–H groups in total. The van der Waals surface area contributed by atoms with Gasteiger partial charge in [0.05, 0.1) is 6.04 Å². The molecule has 0 spiro atoms. The molecule has 3 aromatic rings. The van der Waals surface area contributed by atoms with Crippen LogP contribution in [0.25, 0.3) is 0 Å². The van der Waals surface area contributed by atoms with E-state index in [1.165, 1.54) is 5.56 Å². The van der Waals surface area contributed by atoms with Crippen LogP contribution in [0.3, 0.4) is 0 Å². The second kappa shape index (κ2) is 9.30. The molecule has 148 valence electrons. The number of nitrogens with zero attached hydrogens (tertiary/aromatic N) is 4. The molecule has 0 bridgehead atoms. The summed E-state index contributed by atoms with van der Waals surface area (Å²) in [5.74, 6) is 1.87. The zero-order valence-corrected chi connectivity index (χ0v) is 16.7. The average Bonchev–Trinajstić information content (AvgIpc) is 3.29. The zero-order valence-electron chi connectivity index (χ0n) is 16.7. The Morgan fingerprint density at radius 3 is 2.79 bits per heavy atom. The van der Waals surface area contributed by atoms with Crippen LogP contribution in [0.15, 0.2) is 41.1 Å². The topological polar surface area (TPSA) is 85.8 Å². The Kier molecular flexibility index (Phi) is 6.57. The van der Waals surface area contributed by atoms with Gasteiger partial charge in [0.2, 0.25) is 11.8 Å². The number of anilines is 1. The first kappa shape index (κ1) is 19.8. The number of hydrogen-bond acceptors (Lipinski definition) is 5. The number of nitrogens with one attached hydrogen (secondary N) is 1. The average molecular weight is 381 g/mol. The molecule has 2 aromatic heterocycles. The number of benzene rings is 1. The summed E-state index contributed by atoms with van der Waals surface area (Å²) in [6.45, 7) is 6.11. The van der Waals surface area contributed by atoms with Gasteiger partial charge in [-0.15, -0.1) is 0 Å². The fourth-order valence-electron chi connectivity index (χ4n) is 3.00. The van der Waals surface area contributed by atoms with Gasteiger partial charge in [-0.3, -0.25) is 9.48 Å². The molecule has 1 amide bonds. The maximum absolute atomic E-state index is 12.3. The van der Waals surface area contributed by atoms with Crippen LogP contribution in [-0.4, -0.2) is 25.8 Å². The van der Waals surface area contributed by atoms with E-state index in [9.17, 15) is 4.79 Å². The maximum Gasteiger partial charge on any atom is 0.226 e. The SMILES string of the molecule is CCCc1noc(CCCC(=O)Nc2nn(C(C)c3ccccc3)cc2C)n1. The second-order valence-corrected chi connectivity index (χ2v) is 6.98. The molecule has 28 heavy (non-hydrogen) atoms. The molecule has 1 unspecified atom stereocenters. The number of amides is 1. The van der Waals surface area contributed by atoms with Crippen molar-refractivity contribution in [2.24, 2.45) is 0 Å². The first-order chi connectivity index (χ1) is 13.6. The monoisotopic (exact) mass is 381 g/mol. The number of hydrogen-bond donors (Lipinski definition) is 1. The normalized spacial score (nSPS) is 12.1. The third-order valence-corrected chi connectivity index (χ3v) is 4.63. The lowest BCUT2D eigenvalue weighted by atomic mass is 10.1. The van der Waals surface area contributed by atoms with E-state index < -0.39 is 0 Å². The summed E-state index contributed by atoms with van der Waals surface area (Å²) >= 11 is 0. The van der Waals surface area contributed by atoms with E-state index in [0.29, 0.717) is 31.0 Å². The van der Waals surface area contributed by atoms with Gasteiger partial charge in [-0.1, -0.05) is 42.4 Å². The Bertz CT molecular complexity index is 901. The Balaban J connectivity index is 1.52. The summed E-state index contributed by atoms with van der Waals surface area (Å²) in [5.41, 5.74) is 2.11. The Morgan fingerprint density at radius 2 is 2.04 bits per heavy atom. The molecule has 0 aliphatic carbocycles. The van der Waals surface area contributed by atoms with Crippen molar-refractivity contribution in [2.45, 2.75) is 58.9 Å². The van der Waals surface area contributed by atoms with E-state index in [0.717, 1.165) is 24.2 Å². The highest BCUT2D eigenvalue weighted by Gasteiger charge is 2.14. The van der Waals surface area contributed by atoms with Gasteiger partial charge < -0.3 is 9.84 Å². The molecule has 0 radical (unpaired) electrons. The molecule has 7 heteroatoms. The van der Waals surface area contributed by atoms with E-state index >= 15 is 0 Å². The van der Waals surface area contributed by atoms with Crippen molar-refractivity contribution in [3.05, 3.63) is 59.4 Å². The van der Waals surface area contributed by atoms with E-state index in [2.05, 4.69) is 46.5 Å². The van der Waals surface area contributed by atoms with Gasteiger partial charge in [-0.25, -0.2) is 0 Å². The summed E-state index contributed by atoms with van der Waals surface area (Å²) in [7, 11) is 0. The molecular formula is C21H27N5O2. The molecule has 1 aromatic carbocycles. The summed E-state index contributed by atoms with van der Waals surface area (Å²) in [6.07, 6.45) is 5.39. The van der Waals surface area contributed by atoms with Crippen LogP contribution in [0.4, 0.5) is 5.82 Å². The van der Waals surface area contributed by atoms with Gasteiger partial charge in [-0.2, -0.15) is 10.1 Å². The Labute approximate surface area is 165 Å². The molecule has 0 saturated carbocycles. The Hall–Kier alpha value is -2.96. The maximum atomic E-state index is 12.3. The fourth-order valence-corrected chi connectivity index (χ4v) is 3.00. The Morgan fingerprint density at radius 1 is 1.25 bits per heavy atom. The highest BCUT2D eigenvalue weighted by molar-refractivity contribution is 5.90. The summed E-state index contributed by atoms with van der Waals surface area (Å²) < 4.78 is 7.08. The molecule has 3 rings (SSSR count). The highest BCUT2D eigenvalue weighted by atomic mass is 16.5. The molecule has 2 heterocycles. The molecule has 0 fully saturated rings. The van der Waals surface area contributed by atoms with Crippen LogP contribution in [0, 0.1) is 6.92 Å². The van der Waals surface area contributed by atoms with Crippen molar-refractivity contribution in [1.29, 1.82) is 0 Å². The van der Waals surface area contributed by atoms with Crippen LogP contribution < -0.4 is 5.32 Å². The van der Waals surface area contributed by atoms with E-state index in [4.69, 9.17) is 4.52 Å². The van der Waals surface area contributed by atoms with Crippen LogP contribution in [0.5, 0.6) is 0 Å². The quantitative estimate of drug-likeness (QED) is 0.603. The van der Waals surface area contributed by atoms with Gasteiger partial charge in [-0.05, 0) is 32.3 Å². The van der Waals surface area contributed by atoms with Crippen molar-refractivity contribution < 1.29 is 9.32 Å². The van der Waals surface area contributed by atoms with Crippen molar-refractivity contribution in [1.82, 2.24) is 19.9 Å². The summed E-state index contributed by atoms with van der Waals surface area (Å²) in [6, 6.07) is 10.3. The van der Waals surface area contributed by atoms with Crippen LogP contribution in [-0.2, 0) is 17.6 Å². The third kappa shape index (κ3) is 5.06. The van der Waals surface area contributed by atoms with Crippen molar-refractivity contribution in [3.63, 3.8) is 0 Å². The number of carbonyl (C=O) groups excluding carboxylic acids is 1. The van der Waals surface area contributed by atoms with Crippen LogP contribution >= 0.6 is 0 Å². The number of aromatic nitrogens is 4. The first-order valence-electron chi connectivity index (χ1n) is 9.78. The van der Waals surface area contributed by atoms with E-state index in [-0.39, 0.29) is 11.9 Å².